The zero-order chi connectivity index (χ0) is 12.4. The Kier molecular flexibility index (Phi) is 2.80. The van der Waals surface area contributed by atoms with Crippen molar-refractivity contribution < 1.29 is 4.79 Å². The molecule has 1 heterocycles. The first kappa shape index (κ1) is 11.0. The molecule has 1 aromatic carbocycles. The van der Waals surface area contributed by atoms with Crippen molar-refractivity contribution in [2.45, 2.75) is 19.3 Å². The first-order chi connectivity index (χ1) is 8.83. The van der Waals surface area contributed by atoms with Crippen molar-refractivity contribution in [1.82, 2.24) is 15.2 Å². The molecule has 18 heavy (non-hydrogen) atoms. The van der Waals surface area contributed by atoms with Crippen LogP contribution in [0.25, 0.3) is 11.4 Å². The second kappa shape index (κ2) is 4.60. The molecule has 2 N–H and O–H groups in total. The monoisotopic (exact) mass is 242 g/mol. The lowest BCUT2D eigenvalue weighted by Gasteiger charge is -2.23. The van der Waals surface area contributed by atoms with Crippen LogP contribution in [-0.4, -0.2) is 21.1 Å². The van der Waals surface area contributed by atoms with Crippen molar-refractivity contribution in [3.63, 3.8) is 0 Å². The fourth-order valence-corrected chi connectivity index (χ4v) is 1.93. The molecular formula is C13H14N4O. The van der Waals surface area contributed by atoms with Gasteiger partial charge in [-0.3, -0.25) is 15.2 Å². The summed E-state index contributed by atoms with van der Waals surface area (Å²) in [5.41, 5.74) is 0.953. The molecule has 0 aliphatic heterocycles. The van der Waals surface area contributed by atoms with E-state index in [1.54, 1.807) is 0 Å². The van der Waals surface area contributed by atoms with Crippen LogP contribution in [0.3, 0.4) is 0 Å². The van der Waals surface area contributed by atoms with Gasteiger partial charge in [0.25, 0.3) is 0 Å². The highest BCUT2D eigenvalue weighted by Gasteiger charge is 2.25. The van der Waals surface area contributed by atoms with Gasteiger partial charge in [0.2, 0.25) is 11.9 Å². The third-order valence-corrected chi connectivity index (χ3v) is 3.24. The van der Waals surface area contributed by atoms with Gasteiger partial charge in [-0.15, -0.1) is 5.10 Å². The molecule has 1 saturated carbocycles. The summed E-state index contributed by atoms with van der Waals surface area (Å²) in [5, 5.41) is 9.57. The van der Waals surface area contributed by atoms with E-state index in [0.29, 0.717) is 11.8 Å². The lowest BCUT2D eigenvalue weighted by atomic mass is 9.85. The number of nitrogens with zero attached hydrogens (tertiary/aromatic N) is 2. The van der Waals surface area contributed by atoms with Crippen molar-refractivity contribution in [2.24, 2.45) is 5.92 Å². The number of carbonyl (C=O) groups is 1. The molecule has 92 valence electrons. The van der Waals surface area contributed by atoms with Gasteiger partial charge in [-0.05, 0) is 12.8 Å². The number of H-pyrrole nitrogens is 1. The van der Waals surface area contributed by atoms with Gasteiger partial charge in [0.15, 0.2) is 5.82 Å². The number of nitrogens with one attached hydrogen (secondary N) is 2. The predicted octanol–water partition coefficient (Wildman–Crippen LogP) is 2.21. The van der Waals surface area contributed by atoms with E-state index in [9.17, 15) is 4.79 Å². The average molecular weight is 242 g/mol. The van der Waals surface area contributed by atoms with Crippen molar-refractivity contribution >= 4 is 11.9 Å². The minimum absolute atomic E-state index is 0.0276. The summed E-state index contributed by atoms with van der Waals surface area (Å²) < 4.78 is 0. The smallest absolute Gasteiger partial charge is 0.249 e. The van der Waals surface area contributed by atoms with Crippen LogP contribution in [0, 0.1) is 5.92 Å². The van der Waals surface area contributed by atoms with Gasteiger partial charge in [0.1, 0.15) is 0 Å². The maximum atomic E-state index is 11.7. The van der Waals surface area contributed by atoms with Gasteiger partial charge in [-0.2, -0.15) is 4.98 Å². The molecule has 0 radical (unpaired) electrons. The van der Waals surface area contributed by atoms with E-state index in [-0.39, 0.29) is 11.8 Å². The molecular weight excluding hydrogens is 228 g/mol. The highest BCUT2D eigenvalue weighted by atomic mass is 16.2. The molecule has 3 rings (SSSR count). The minimum atomic E-state index is 0.0276. The molecule has 0 atom stereocenters. The molecule has 1 aromatic heterocycles. The van der Waals surface area contributed by atoms with Gasteiger partial charge in [0, 0.05) is 11.5 Å². The Morgan fingerprint density at radius 1 is 1.28 bits per heavy atom. The summed E-state index contributed by atoms with van der Waals surface area (Å²) in [5.74, 6) is 1.19. The summed E-state index contributed by atoms with van der Waals surface area (Å²) in [7, 11) is 0. The number of amides is 1. The first-order valence-corrected chi connectivity index (χ1v) is 6.11. The number of anilines is 1. The van der Waals surface area contributed by atoms with Gasteiger partial charge < -0.3 is 0 Å². The summed E-state index contributed by atoms with van der Waals surface area (Å²) in [6.07, 6.45) is 3.09. The Labute approximate surface area is 105 Å². The molecule has 0 unspecified atom stereocenters. The van der Waals surface area contributed by atoms with Crippen molar-refractivity contribution in [1.29, 1.82) is 0 Å². The number of carbonyl (C=O) groups excluding carboxylic acids is 1. The third kappa shape index (κ3) is 2.11. The molecule has 1 aliphatic carbocycles. The van der Waals surface area contributed by atoms with Crippen molar-refractivity contribution in [2.75, 3.05) is 5.32 Å². The number of aromatic nitrogens is 3. The molecule has 1 amide bonds. The van der Waals surface area contributed by atoms with Gasteiger partial charge in [-0.25, -0.2) is 0 Å². The van der Waals surface area contributed by atoms with Crippen molar-refractivity contribution in [3.05, 3.63) is 30.3 Å². The molecule has 2 aromatic rings. The highest BCUT2D eigenvalue weighted by molar-refractivity contribution is 5.91. The van der Waals surface area contributed by atoms with E-state index < -0.39 is 0 Å². The van der Waals surface area contributed by atoms with E-state index in [4.69, 9.17) is 0 Å². The lowest BCUT2D eigenvalue weighted by Crippen LogP contribution is -2.28. The SMILES string of the molecule is O=C(Nc1n[nH]c(-c2ccccc2)n1)C1CCC1. The summed E-state index contributed by atoms with van der Waals surface area (Å²) in [6, 6.07) is 9.70. The van der Waals surface area contributed by atoms with Crippen LogP contribution >= 0.6 is 0 Å². The lowest BCUT2D eigenvalue weighted by molar-refractivity contribution is -0.122. The average Bonchev–Trinajstić information content (AvgIpc) is 2.76. The zero-order valence-electron chi connectivity index (χ0n) is 9.89. The van der Waals surface area contributed by atoms with E-state index in [1.165, 1.54) is 0 Å². The Hall–Kier alpha value is -2.17. The van der Waals surface area contributed by atoms with Crippen LogP contribution in [0.2, 0.25) is 0 Å². The molecule has 0 spiro atoms. The van der Waals surface area contributed by atoms with E-state index in [1.807, 2.05) is 30.3 Å². The summed E-state index contributed by atoms with van der Waals surface area (Å²) >= 11 is 0. The van der Waals surface area contributed by atoms with Gasteiger partial charge in [-0.1, -0.05) is 36.8 Å². The normalized spacial score (nSPS) is 15.1. The van der Waals surface area contributed by atoms with Crippen LogP contribution in [0.4, 0.5) is 5.95 Å². The molecule has 1 aliphatic rings. The molecule has 5 nitrogen and oxygen atoms in total. The topological polar surface area (TPSA) is 70.7 Å². The summed E-state index contributed by atoms with van der Waals surface area (Å²) in [6.45, 7) is 0. The Balaban J connectivity index is 1.71. The second-order valence-electron chi connectivity index (χ2n) is 4.49. The molecule has 0 bridgehead atoms. The number of hydrogen-bond donors (Lipinski definition) is 2. The highest BCUT2D eigenvalue weighted by Crippen LogP contribution is 2.27. The summed E-state index contributed by atoms with van der Waals surface area (Å²) in [4.78, 5) is 16.0. The maximum Gasteiger partial charge on any atom is 0.249 e. The van der Waals surface area contributed by atoms with Crippen LogP contribution < -0.4 is 5.32 Å². The van der Waals surface area contributed by atoms with Crippen molar-refractivity contribution in [3.8, 4) is 11.4 Å². The number of benzene rings is 1. The van der Waals surface area contributed by atoms with Crippen LogP contribution in [0.15, 0.2) is 30.3 Å². The number of rotatable bonds is 3. The maximum absolute atomic E-state index is 11.7. The largest absolute Gasteiger partial charge is 0.293 e. The molecule has 1 fully saturated rings. The van der Waals surface area contributed by atoms with Gasteiger partial charge in [0.05, 0.1) is 0 Å². The van der Waals surface area contributed by atoms with Crippen LogP contribution in [0.1, 0.15) is 19.3 Å². The Bertz CT molecular complexity index is 545. The predicted molar refractivity (Wildman–Crippen MR) is 67.8 cm³/mol. The fourth-order valence-electron chi connectivity index (χ4n) is 1.93. The quantitative estimate of drug-likeness (QED) is 0.866. The van der Waals surface area contributed by atoms with Gasteiger partial charge >= 0.3 is 0 Å². The minimum Gasteiger partial charge on any atom is -0.293 e. The fraction of sp³-hybridized carbons (Fsp3) is 0.308. The standard InChI is InChI=1S/C13H14N4O/c18-12(10-7-4-8-10)15-13-14-11(16-17-13)9-5-2-1-3-6-9/h1-3,5-6,10H,4,7-8H2,(H2,14,15,16,17,18). The molecule has 0 saturated heterocycles. The molecule has 5 heteroatoms. The van der Waals surface area contributed by atoms with Crippen LogP contribution in [0.5, 0.6) is 0 Å². The Morgan fingerprint density at radius 2 is 2.06 bits per heavy atom. The number of aromatic amines is 1. The van der Waals surface area contributed by atoms with Crippen LogP contribution in [-0.2, 0) is 4.79 Å². The third-order valence-electron chi connectivity index (χ3n) is 3.24. The Morgan fingerprint density at radius 3 is 2.72 bits per heavy atom. The second-order valence-corrected chi connectivity index (χ2v) is 4.49. The van der Waals surface area contributed by atoms with E-state index in [0.717, 1.165) is 24.8 Å². The van der Waals surface area contributed by atoms with E-state index in [2.05, 4.69) is 20.5 Å². The zero-order valence-corrected chi connectivity index (χ0v) is 9.89. The van der Waals surface area contributed by atoms with E-state index >= 15 is 0 Å². The number of hydrogen-bond acceptors (Lipinski definition) is 3. The first-order valence-electron chi connectivity index (χ1n) is 6.11.